The van der Waals surface area contributed by atoms with Gasteiger partial charge < -0.3 is 9.47 Å². The summed E-state index contributed by atoms with van der Waals surface area (Å²) in [4.78, 5) is 5.11. The van der Waals surface area contributed by atoms with E-state index in [0.29, 0.717) is 0 Å². The van der Waals surface area contributed by atoms with Crippen LogP contribution < -0.4 is 9.47 Å². The fourth-order valence-corrected chi connectivity index (χ4v) is 5.30. The molecule has 4 heteroatoms. The van der Waals surface area contributed by atoms with E-state index in [1.807, 2.05) is 47.8 Å². The molecule has 3 aromatic carbocycles. The molecule has 0 fully saturated rings. The summed E-state index contributed by atoms with van der Waals surface area (Å²) in [5.74, 6) is 1.74. The number of hydrogen-bond acceptors (Lipinski definition) is 4. The van der Waals surface area contributed by atoms with Crippen molar-refractivity contribution in [3.8, 4) is 11.5 Å². The highest BCUT2D eigenvalue weighted by molar-refractivity contribution is 8.16. The lowest BCUT2D eigenvalue weighted by Crippen LogP contribution is -1.94. The van der Waals surface area contributed by atoms with Crippen LogP contribution in [-0.4, -0.2) is 14.2 Å². The molecule has 0 radical (unpaired) electrons. The molecule has 0 saturated heterocycles. The summed E-state index contributed by atoms with van der Waals surface area (Å²) >= 11 is 3.65. The minimum Gasteiger partial charge on any atom is -0.497 e. The Balaban J connectivity index is 1.82. The lowest BCUT2D eigenvalue weighted by atomic mass is 10.1. The molecule has 0 atom stereocenters. The number of ether oxygens (including phenoxy) is 2. The number of thioether (sulfide) groups is 2. The van der Waals surface area contributed by atoms with Crippen LogP contribution in [0.15, 0.2) is 82.6 Å². The molecule has 3 aromatic rings. The van der Waals surface area contributed by atoms with E-state index in [1.165, 1.54) is 30.7 Å². The predicted molar refractivity (Wildman–Crippen MR) is 111 cm³/mol. The van der Waals surface area contributed by atoms with Gasteiger partial charge in [0.1, 0.15) is 11.5 Å². The highest BCUT2D eigenvalue weighted by Gasteiger charge is 2.22. The Morgan fingerprint density at radius 2 is 0.923 bits per heavy atom. The molecule has 1 aliphatic rings. The van der Waals surface area contributed by atoms with Gasteiger partial charge in [0, 0.05) is 19.6 Å². The van der Waals surface area contributed by atoms with Crippen molar-refractivity contribution in [2.75, 3.05) is 14.2 Å². The van der Waals surface area contributed by atoms with E-state index in [9.17, 15) is 0 Å². The largest absolute Gasteiger partial charge is 0.497 e. The molecular formula is C22H18O2S2. The molecule has 0 saturated carbocycles. The summed E-state index contributed by atoms with van der Waals surface area (Å²) in [6.45, 7) is 0. The summed E-state index contributed by atoms with van der Waals surface area (Å²) in [5.41, 5.74) is 2.40. The minimum absolute atomic E-state index is 0.870. The monoisotopic (exact) mass is 378 g/mol. The first-order chi connectivity index (χ1) is 12.8. The third-order valence-electron chi connectivity index (χ3n) is 4.18. The van der Waals surface area contributed by atoms with Gasteiger partial charge in [-0.3, -0.25) is 0 Å². The molecule has 0 unspecified atom stereocenters. The molecule has 26 heavy (non-hydrogen) atoms. The van der Waals surface area contributed by atoms with Crippen LogP contribution >= 0.6 is 23.5 Å². The zero-order valence-electron chi connectivity index (χ0n) is 14.6. The van der Waals surface area contributed by atoms with Gasteiger partial charge in [-0.05, 0) is 47.5 Å². The van der Waals surface area contributed by atoms with E-state index in [1.54, 1.807) is 14.2 Å². The van der Waals surface area contributed by atoms with Gasteiger partial charge >= 0.3 is 0 Å². The molecular weight excluding hydrogens is 360 g/mol. The van der Waals surface area contributed by atoms with Crippen LogP contribution in [0, 0.1) is 0 Å². The first kappa shape index (κ1) is 17.1. The van der Waals surface area contributed by atoms with E-state index in [2.05, 4.69) is 48.5 Å². The van der Waals surface area contributed by atoms with Crippen molar-refractivity contribution in [1.82, 2.24) is 0 Å². The SMILES string of the molecule is COc1ccc(C2=C(c3ccc(OC)cc3)Sc3ccccc3S2)cc1. The standard InChI is InChI=1S/C22H18O2S2/c1-23-17-11-7-15(8-12-17)21-22(16-9-13-18(24-2)14-10-16)26-20-6-4-3-5-19(20)25-21/h3-14H,1-2H3. The van der Waals surface area contributed by atoms with Crippen molar-refractivity contribution in [3.05, 3.63) is 83.9 Å². The number of fused-ring (bicyclic) bond motifs is 1. The van der Waals surface area contributed by atoms with Crippen molar-refractivity contribution < 1.29 is 9.47 Å². The van der Waals surface area contributed by atoms with Gasteiger partial charge in [-0.2, -0.15) is 0 Å². The minimum atomic E-state index is 0.870. The lowest BCUT2D eigenvalue weighted by molar-refractivity contribution is 0.414. The summed E-state index contributed by atoms with van der Waals surface area (Å²) < 4.78 is 10.6. The van der Waals surface area contributed by atoms with Crippen molar-refractivity contribution in [1.29, 1.82) is 0 Å². The molecule has 1 heterocycles. The average molecular weight is 379 g/mol. The van der Waals surface area contributed by atoms with Crippen molar-refractivity contribution in [2.24, 2.45) is 0 Å². The van der Waals surface area contributed by atoms with Crippen LogP contribution in [0.25, 0.3) is 9.81 Å². The molecule has 0 bridgehead atoms. The van der Waals surface area contributed by atoms with Crippen molar-refractivity contribution in [3.63, 3.8) is 0 Å². The normalized spacial score (nSPS) is 13.3. The molecule has 0 N–H and O–H groups in total. The zero-order valence-corrected chi connectivity index (χ0v) is 16.2. The van der Waals surface area contributed by atoms with E-state index in [-0.39, 0.29) is 0 Å². The highest BCUT2D eigenvalue weighted by atomic mass is 32.2. The Morgan fingerprint density at radius 1 is 0.538 bits per heavy atom. The van der Waals surface area contributed by atoms with E-state index >= 15 is 0 Å². The number of methoxy groups -OCH3 is 2. The molecule has 130 valence electrons. The summed E-state index contributed by atoms with van der Waals surface area (Å²) in [6, 6.07) is 25.1. The highest BCUT2D eigenvalue weighted by Crippen LogP contribution is 2.54. The van der Waals surface area contributed by atoms with Gasteiger partial charge in [0.15, 0.2) is 0 Å². The number of benzene rings is 3. The Labute approximate surface area is 162 Å². The van der Waals surface area contributed by atoms with Gasteiger partial charge in [0.25, 0.3) is 0 Å². The van der Waals surface area contributed by atoms with Gasteiger partial charge in [0.2, 0.25) is 0 Å². The van der Waals surface area contributed by atoms with E-state index in [4.69, 9.17) is 9.47 Å². The number of rotatable bonds is 4. The van der Waals surface area contributed by atoms with Crippen LogP contribution in [0.3, 0.4) is 0 Å². The second-order valence-electron chi connectivity index (χ2n) is 5.77. The molecule has 0 amide bonds. The van der Waals surface area contributed by atoms with Gasteiger partial charge in [-0.1, -0.05) is 59.9 Å². The maximum Gasteiger partial charge on any atom is 0.118 e. The van der Waals surface area contributed by atoms with Crippen LogP contribution in [0.2, 0.25) is 0 Å². The lowest BCUT2D eigenvalue weighted by Gasteiger charge is -2.22. The van der Waals surface area contributed by atoms with Crippen molar-refractivity contribution in [2.45, 2.75) is 9.79 Å². The maximum atomic E-state index is 5.31. The van der Waals surface area contributed by atoms with Gasteiger partial charge in [0.05, 0.1) is 14.2 Å². The Morgan fingerprint density at radius 3 is 1.27 bits per heavy atom. The first-order valence-electron chi connectivity index (χ1n) is 8.26. The first-order valence-corrected chi connectivity index (χ1v) is 9.89. The second-order valence-corrected chi connectivity index (χ2v) is 7.87. The predicted octanol–water partition coefficient (Wildman–Crippen LogP) is 6.43. The third-order valence-corrected chi connectivity index (χ3v) is 6.88. The summed E-state index contributed by atoms with van der Waals surface area (Å²) in [6.07, 6.45) is 0. The zero-order chi connectivity index (χ0) is 17.9. The average Bonchev–Trinajstić information content (AvgIpc) is 2.73. The Hall–Kier alpha value is -2.30. The number of hydrogen-bond donors (Lipinski definition) is 0. The topological polar surface area (TPSA) is 18.5 Å². The summed E-state index contributed by atoms with van der Waals surface area (Å²) in [5, 5.41) is 0. The van der Waals surface area contributed by atoms with Crippen LogP contribution in [0.1, 0.15) is 11.1 Å². The fraction of sp³-hybridized carbons (Fsp3) is 0.0909. The molecule has 1 aliphatic heterocycles. The molecule has 0 spiro atoms. The van der Waals surface area contributed by atoms with Crippen molar-refractivity contribution >= 4 is 33.3 Å². The van der Waals surface area contributed by atoms with Crippen LogP contribution in [0.4, 0.5) is 0 Å². The van der Waals surface area contributed by atoms with Crippen LogP contribution in [0.5, 0.6) is 11.5 Å². The van der Waals surface area contributed by atoms with E-state index in [0.717, 1.165) is 11.5 Å². The van der Waals surface area contributed by atoms with Gasteiger partial charge in [-0.15, -0.1) is 0 Å². The molecule has 0 aliphatic carbocycles. The van der Waals surface area contributed by atoms with Crippen LogP contribution in [-0.2, 0) is 0 Å². The third kappa shape index (κ3) is 3.35. The molecule has 0 aromatic heterocycles. The summed E-state index contributed by atoms with van der Waals surface area (Å²) in [7, 11) is 3.39. The van der Waals surface area contributed by atoms with E-state index < -0.39 is 0 Å². The quantitative estimate of drug-likeness (QED) is 0.521. The fourth-order valence-electron chi connectivity index (χ4n) is 2.80. The molecule has 2 nitrogen and oxygen atoms in total. The maximum absolute atomic E-state index is 5.31. The Kier molecular flexibility index (Phi) is 4.96. The smallest absolute Gasteiger partial charge is 0.118 e. The second kappa shape index (κ2) is 7.52. The van der Waals surface area contributed by atoms with Gasteiger partial charge in [-0.25, -0.2) is 0 Å². The molecule has 4 rings (SSSR count). The Bertz CT molecular complexity index is 866.